The first-order valence-corrected chi connectivity index (χ1v) is 6.02. The van der Waals surface area contributed by atoms with Crippen molar-refractivity contribution in [1.82, 2.24) is 10.3 Å². The van der Waals surface area contributed by atoms with Crippen molar-refractivity contribution >= 4 is 17.3 Å². The van der Waals surface area contributed by atoms with Gasteiger partial charge in [-0.05, 0) is 31.5 Å². The van der Waals surface area contributed by atoms with Crippen molar-refractivity contribution in [3.05, 3.63) is 18.5 Å². The van der Waals surface area contributed by atoms with Crippen LogP contribution >= 0.6 is 0 Å². The monoisotopic (exact) mass is 232 g/mol. The number of hydrogen-bond donors (Lipinski definition) is 2. The van der Waals surface area contributed by atoms with Crippen molar-refractivity contribution < 1.29 is 4.79 Å². The fraction of sp³-hybridized carbons (Fsp3) is 0.500. The highest BCUT2D eigenvalue weighted by Gasteiger charge is 2.25. The Morgan fingerprint density at radius 3 is 3.29 bits per heavy atom. The Balaban J connectivity index is 1.81. The molecule has 17 heavy (non-hydrogen) atoms. The lowest BCUT2D eigenvalue weighted by Gasteiger charge is -2.32. The highest BCUT2D eigenvalue weighted by atomic mass is 16.2. The fourth-order valence-corrected chi connectivity index (χ4v) is 2.54. The van der Waals surface area contributed by atoms with Gasteiger partial charge in [0, 0.05) is 12.7 Å². The quantitative estimate of drug-likeness (QED) is 0.777. The van der Waals surface area contributed by atoms with E-state index in [9.17, 15) is 4.79 Å². The molecule has 2 N–H and O–H groups in total. The van der Waals surface area contributed by atoms with Crippen LogP contribution in [0.1, 0.15) is 6.42 Å². The molecule has 0 spiro atoms. The summed E-state index contributed by atoms with van der Waals surface area (Å²) in [5.74, 6) is 0.698. The normalized spacial score (nSPS) is 23.4. The van der Waals surface area contributed by atoms with Gasteiger partial charge in [0.25, 0.3) is 0 Å². The van der Waals surface area contributed by atoms with Crippen LogP contribution in [0, 0.1) is 5.92 Å². The summed E-state index contributed by atoms with van der Waals surface area (Å²) in [6, 6.07) is 1.85. The van der Waals surface area contributed by atoms with Gasteiger partial charge >= 0.3 is 0 Å². The molecule has 1 atom stereocenters. The largest absolute Gasteiger partial charge is 0.359 e. The van der Waals surface area contributed by atoms with Crippen LogP contribution in [0.5, 0.6) is 0 Å². The van der Waals surface area contributed by atoms with Gasteiger partial charge in [-0.25, -0.2) is 0 Å². The zero-order valence-electron chi connectivity index (χ0n) is 9.65. The number of anilines is 2. The van der Waals surface area contributed by atoms with E-state index >= 15 is 0 Å². The van der Waals surface area contributed by atoms with E-state index in [0.717, 1.165) is 31.0 Å². The molecule has 0 bridgehead atoms. The van der Waals surface area contributed by atoms with Crippen molar-refractivity contribution in [2.45, 2.75) is 6.42 Å². The van der Waals surface area contributed by atoms with Crippen LogP contribution in [0.3, 0.4) is 0 Å². The molecule has 5 heteroatoms. The number of aromatic nitrogens is 1. The van der Waals surface area contributed by atoms with Gasteiger partial charge in [0.05, 0.1) is 24.1 Å². The van der Waals surface area contributed by atoms with Crippen molar-refractivity contribution in [1.29, 1.82) is 0 Å². The molecular formula is C12H16N4O. The fourth-order valence-electron chi connectivity index (χ4n) is 2.54. The summed E-state index contributed by atoms with van der Waals surface area (Å²) < 4.78 is 0. The smallest absolute Gasteiger partial charge is 0.243 e. The number of rotatable bonds is 2. The van der Waals surface area contributed by atoms with Gasteiger partial charge in [-0.15, -0.1) is 0 Å². The number of pyridine rings is 1. The van der Waals surface area contributed by atoms with E-state index in [-0.39, 0.29) is 5.91 Å². The molecule has 3 heterocycles. The van der Waals surface area contributed by atoms with E-state index < -0.39 is 0 Å². The zero-order chi connectivity index (χ0) is 11.7. The number of hydrogen-bond acceptors (Lipinski definition) is 4. The Morgan fingerprint density at radius 1 is 1.53 bits per heavy atom. The van der Waals surface area contributed by atoms with Crippen molar-refractivity contribution in [3.63, 3.8) is 0 Å². The summed E-state index contributed by atoms with van der Waals surface area (Å²) in [4.78, 5) is 17.9. The molecular weight excluding hydrogens is 216 g/mol. The Bertz CT molecular complexity index is 428. The molecule has 1 aromatic rings. The molecule has 1 aromatic heterocycles. The molecule has 3 rings (SSSR count). The predicted octanol–water partition coefficient (Wildman–Crippen LogP) is 0.450. The highest BCUT2D eigenvalue weighted by molar-refractivity contribution is 6.00. The summed E-state index contributed by atoms with van der Waals surface area (Å²) in [6.07, 6.45) is 4.73. The second-order valence-corrected chi connectivity index (χ2v) is 4.68. The summed E-state index contributed by atoms with van der Waals surface area (Å²) in [5, 5.41) is 6.23. The van der Waals surface area contributed by atoms with E-state index in [4.69, 9.17) is 0 Å². The molecule has 2 aliphatic heterocycles. The number of nitrogens with one attached hydrogen (secondary N) is 2. The number of carbonyl (C=O) groups excluding carboxylic acids is 1. The van der Waals surface area contributed by atoms with Crippen LogP contribution in [-0.4, -0.2) is 37.1 Å². The van der Waals surface area contributed by atoms with Crippen LogP contribution in [-0.2, 0) is 4.79 Å². The summed E-state index contributed by atoms with van der Waals surface area (Å²) in [6.45, 7) is 3.51. The van der Waals surface area contributed by atoms with Gasteiger partial charge in [-0.3, -0.25) is 9.78 Å². The van der Waals surface area contributed by atoms with Crippen molar-refractivity contribution in [3.8, 4) is 0 Å². The first-order chi connectivity index (χ1) is 8.33. The summed E-state index contributed by atoms with van der Waals surface area (Å²) in [7, 11) is 0. The van der Waals surface area contributed by atoms with E-state index in [1.807, 2.05) is 12.3 Å². The van der Waals surface area contributed by atoms with Crippen LogP contribution in [0.4, 0.5) is 11.4 Å². The SMILES string of the molecule is O=C1CN(CC2CCNC2)c2cnccc2N1. The molecule has 2 aliphatic rings. The van der Waals surface area contributed by atoms with Crippen LogP contribution in [0.15, 0.2) is 18.5 Å². The zero-order valence-corrected chi connectivity index (χ0v) is 9.65. The van der Waals surface area contributed by atoms with Crippen LogP contribution in [0.25, 0.3) is 0 Å². The third kappa shape index (κ3) is 2.10. The topological polar surface area (TPSA) is 57.3 Å². The highest BCUT2D eigenvalue weighted by Crippen LogP contribution is 2.28. The molecule has 5 nitrogen and oxygen atoms in total. The third-order valence-electron chi connectivity index (χ3n) is 3.39. The number of nitrogens with zero attached hydrogens (tertiary/aromatic N) is 2. The minimum absolute atomic E-state index is 0.0645. The number of amides is 1. The van der Waals surface area contributed by atoms with Gasteiger partial charge in [0.1, 0.15) is 0 Å². The maximum Gasteiger partial charge on any atom is 0.243 e. The molecule has 1 amide bonds. The second-order valence-electron chi connectivity index (χ2n) is 4.68. The minimum Gasteiger partial charge on any atom is -0.359 e. The standard InChI is InChI=1S/C12H16N4O/c17-12-8-16(7-9-1-3-13-5-9)11-6-14-4-2-10(11)15-12/h2,4,6,9,13H,1,3,5,7-8H2,(H,15,17). The lowest BCUT2D eigenvalue weighted by atomic mass is 10.1. The predicted molar refractivity (Wildman–Crippen MR) is 66.1 cm³/mol. The minimum atomic E-state index is 0.0645. The third-order valence-corrected chi connectivity index (χ3v) is 3.39. The van der Waals surface area contributed by atoms with Crippen LogP contribution < -0.4 is 15.5 Å². The summed E-state index contributed by atoms with van der Waals surface area (Å²) in [5.41, 5.74) is 1.92. The van der Waals surface area contributed by atoms with Gasteiger partial charge in [0.15, 0.2) is 0 Å². The lowest BCUT2D eigenvalue weighted by Crippen LogP contribution is -2.41. The number of fused-ring (bicyclic) bond motifs is 1. The molecule has 90 valence electrons. The van der Waals surface area contributed by atoms with E-state index in [1.165, 1.54) is 6.42 Å². The van der Waals surface area contributed by atoms with E-state index in [2.05, 4.69) is 20.5 Å². The van der Waals surface area contributed by atoms with Gasteiger partial charge in [0.2, 0.25) is 5.91 Å². The first kappa shape index (κ1) is 10.5. The van der Waals surface area contributed by atoms with Crippen LogP contribution in [0.2, 0.25) is 0 Å². The van der Waals surface area contributed by atoms with Crippen molar-refractivity contribution in [2.24, 2.45) is 5.92 Å². The van der Waals surface area contributed by atoms with Gasteiger partial charge in [-0.1, -0.05) is 0 Å². The molecule has 0 aromatic carbocycles. The summed E-state index contributed by atoms with van der Waals surface area (Å²) >= 11 is 0. The Morgan fingerprint density at radius 2 is 2.47 bits per heavy atom. The Hall–Kier alpha value is -1.62. The molecule has 1 fully saturated rings. The number of carbonyl (C=O) groups is 1. The van der Waals surface area contributed by atoms with E-state index in [1.54, 1.807) is 6.20 Å². The second kappa shape index (κ2) is 4.33. The van der Waals surface area contributed by atoms with Gasteiger partial charge < -0.3 is 15.5 Å². The maximum atomic E-state index is 11.6. The van der Waals surface area contributed by atoms with E-state index in [0.29, 0.717) is 12.5 Å². The lowest BCUT2D eigenvalue weighted by molar-refractivity contribution is -0.115. The average molecular weight is 232 g/mol. The molecule has 0 saturated carbocycles. The maximum absolute atomic E-state index is 11.6. The molecule has 0 radical (unpaired) electrons. The molecule has 1 unspecified atom stereocenters. The molecule has 1 saturated heterocycles. The average Bonchev–Trinajstić information content (AvgIpc) is 2.81. The molecule has 0 aliphatic carbocycles. The van der Waals surface area contributed by atoms with Crippen molar-refractivity contribution in [2.75, 3.05) is 36.4 Å². The first-order valence-electron chi connectivity index (χ1n) is 6.02. The van der Waals surface area contributed by atoms with Gasteiger partial charge in [-0.2, -0.15) is 0 Å². The Kier molecular flexibility index (Phi) is 2.68. The Labute approximate surface area is 100 Å².